The van der Waals surface area contributed by atoms with Gasteiger partial charge in [-0.2, -0.15) is 0 Å². The number of nitrogens with zero attached hydrogens (tertiary/aromatic N) is 1. The lowest BCUT2D eigenvalue weighted by atomic mass is 9.77. The second-order valence-corrected chi connectivity index (χ2v) is 11.2. The first kappa shape index (κ1) is 23.6. The molecule has 0 bridgehead atoms. The van der Waals surface area contributed by atoms with Gasteiger partial charge in [0.15, 0.2) is 0 Å². The van der Waals surface area contributed by atoms with Crippen molar-refractivity contribution in [1.82, 2.24) is 10.2 Å². The number of urea groups is 1. The number of aliphatic carboxylic acids is 1. The molecule has 1 saturated carbocycles. The van der Waals surface area contributed by atoms with Crippen LogP contribution in [0.3, 0.4) is 0 Å². The summed E-state index contributed by atoms with van der Waals surface area (Å²) in [6.07, 6.45) is 5.22. The smallest absolute Gasteiger partial charge is 0.322 e. The molecule has 1 atom stereocenters. The van der Waals surface area contributed by atoms with E-state index in [0.29, 0.717) is 17.9 Å². The van der Waals surface area contributed by atoms with Crippen molar-refractivity contribution < 1.29 is 14.7 Å². The Bertz CT molecular complexity index is 912. The topological polar surface area (TPSA) is 69.6 Å². The molecule has 0 saturated heterocycles. The Kier molecular flexibility index (Phi) is 6.22. The molecule has 1 aliphatic heterocycles. The van der Waals surface area contributed by atoms with Crippen molar-refractivity contribution in [3.8, 4) is 0 Å². The maximum absolute atomic E-state index is 13.1. The number of halogens is 1. The van der Waals surface area contributed by atoms with E-state index in [2.05, 4.69) is 52.1 Å². The lowest BCUT2D eigenvalue weighted by Crippen LogP contribution is -2.57. The Morgan fingerprint density at radius 3 is 2.42 bits per heavy atom. The first-order chi connectivity index (χ1) is 14.3. The zero-order valence-electron chi connectivity index (χ0n) is 19.5. The van der Waals surface area contributed by atoms with Gasteiger partial charge in [0.1, 0.15) is 0 Å². The highest BCUT2D eigenvalue weighted by molar-refractivity contribution is 6.31. The molecule has 5 nitrogen and oxygen atoms in total. The van der Waals surface area contributed by atoms with Crippen molar-refractivity contribution >= 4 is 23.6 Å². The zero-order valence-corrected chi connectivity index (χ0v) is 20.3. The summed E-state index contributed by atoms with van der Waals surface area (Å²) in [5.74, 6) is -0.719. The van der Waals surface area contributed by atoms with Crippen LogP contribution in [0.15, 0.2) is 30.0 Å². The van der Waals surface area contributed by atoms with Gasteiger partial charge in [-0.1, -0.05) is 58.4 Å². The number of carboxylic acid groups (broad SMARTS) is 1. The van der Waals surface area contributed by atoms with Gasteiger partial charge < -0.3 is 10.4 Å². The molecule has 2 N–H and O–H groups in total. The Hall–Kier alpha value is -2.01. The van der Waals surface area contributed by atoms with Gasteiger partial charge in [-0.25, -0.2) is 4.79 Å². The molecule has 1 heterocycles. The predicted molar refractivity (Wildman–Crippen MR) is 124 cm³/mol. The number of carbonyl (C=O) groups is 2. The van der Waals surface area contributed by atoms with Crippen LogP contribution >= 0.6 is 11.6 Å². The average Bonchev–Trinajstić information content (AvgIpc) is 3.38. The van der Waals surface area contributed by atoms with Crippen LogP contribution in [0.25, 0.3) is 0 Å². The summed E-state index contributed by atoms with van der Waals surface area (Å²) in [6, 6.07) is 5.84. The van der Waals surface area contributed by atoms with Crippen molar-refractivity contribution in [3.05, 3.63) is 46.1 Å². The SMILES string of the molecule is CC(C)C1=CN(C2(CC(=O)O)CC2)C(=O)N[C@@]1(C)c1ccc(CCC(C)(C)C)c(Cl)c1. The van der Waals surface area contributed by atoms with Crippen LogP contribution in [-0.4, -0.2) is 27.5 Å². The van der Waals surface area contributed by atoms with E-state index < -0.39 is 17.0 Å². The number of hydrogen-bond donors (Lipinski definition) is 2. The van der Waals surface area contributed by atoms with Crippen molar-refractivity contribution in [1.29, 1.82) is 0 Å². The van der Waals surface area contributed by atoms with Gasteiger partial charge in [0.25, 0.3) is 0 Å². The number of benzene rings is 1. The van der Waals surface area contributed by atoms with E-state index in [9.17, 15) is 14.7 Å². The fraction of sp³-hybridized carbons (Fsp3) is 0.600. The summed E-state index contributed by atoms with van der Waals surface area (Å²) < 4.78 is 0. The van der Waals surface area contributed by atoms with E-state index in [1.807, 2.05) is 19.2 Å². The maximum atomic E-state index is 13.1. The molecule has 0 unspecified atom stereocenters. The summed E-state index contributed by atoms with van der Waals surface area (Å²) in [7, 11) is 0. The van der Waals surface area contributed by atoms with Crippen LogP contribution in [0.4, 0.5) is 4.79 Å². The number of hydrogen-bond acceptors (Lipinski definition) is 2. The number of amides is 2. The monoisotopic (exact) mass is 446 g/mol. The third-order valence-electron chi connectivity index (χ3n) is 6.64. The lowest BCUT2D eigenvalue weighted by Gasteiger charge is -2.44. The van der Waals surface area contributed by atoms with Crippen LogP contribution in [0.5, 0.6) is 0 Å². The lowest BCUT2D eigenvalue weighted by molar-refractivity contribution is -0.138. The van der Waals surface area contributed by atoms with Gasteiger partial charge >= 0.3 is 12.0 Å². The van der Waals surface area contributed by atoms with Gasteiger partial charge in [-0.15, -0.1) is 0 Å². The minimum absolute atomic E-state index is 0.0344. The van der Waals surface area contributed by atoms with Crippen molar-refractivity contribution in [3.63, 3.8) is 0 Å². The number of nitrogens with one attached hydrogen (secondary N) is 1. The van der Waals surface area contributed by atoms with E-state index in [4.69, 9.17) is 11.6 Å². The third kappa shape index (κ3) is 4.92. The fourth-order valence-electron chi connectivity index (χ4n) is 4.49. The highest BCUT2D eigenvalue weighted by Crippen LogP contribution is 2.48. The second kappa shape index (κ2) is 8.16. The summed E-state index contributed by atoms with van der Waals surface area (Å²) in [6.45, 7) is 12.8. The number of carbonyl (C=O) groups excluding carboxylic acids is 1. The van der Waals surface area contributed by atoms with Crippen molar-refractivity contribution in [2.45, 2.75) is 84.7 Å². The molecule has 6 heteroatoms. The molecule has 1 aromatic carbocycles. The molecule has 1 fully saturated rings. The molecule has 3 rings (SSSR count). The molecule has 1 aliphatic carbocycles. The summed E-state index contributed by atoms with van der Waals surface area (Å²) in [5, 5.41) is 13.2. The molecule has 0 aromatic heterocycles. The third-order valence-corrected chi connectivity index (χ3v) is 6.99. The van der Waals surface area contributed by atoms with Crippen LogP contribution in [0.1, 0.15) is 78.4 Å². The second-order valence-electron chi connectivity index (χ2n) is 10.8. The molecule has 31 heavy (non-hydrogen) atoms. The highest BCUT2D eigenvalue weighted by atomic mass is 35.5. The van der Waals surface area contributed by atoms with E-state index in [-0.39, 0.29) is 23.8 Å². The summed E-state index contributed by atoms with van der Waals surface area (Å²) >= 11 is 6.66. The summed E-state index contributed by atoms with van der Waals surface area (Å²) in [5.41, 5.74) is 2.02. The largest absolute Gasteiger partial charge is 0.481 e. The zero-order chi connectivity index (χ0) is 23.2. The molecule has 2 amide bonds. The van der Waals surface area contributed by atoms with Gasteiger partial charge in [0.2, 0.25) is 0 Å². The molecule has 2 aliphatic rings. The number of rotatable bonds is 7. The highest BCUT2D eigenvalue weighted by Gasteiger charge is 2.54. The van der Waals surface area contributed by atoms with E-state index >= 15 is 0 Å². The minimum atomic E-state index is -0.879. The molecule has 0 radical (unpaired) electrons. The number of carboxylic acids is 1. The van der Waals surface area contributed by atoms with Gasteiger partial charge in [-0.3, -0.25) is 9.69 Å². The number of aryl methyl sites for hydroxylation is 1. The van der Waals surface area contributed by atoms with E-state index in [0.717, 1.165) is 29.5 Å². The van der Waals surface area contributed by atoms with Gasteiger partial charge in [0.05, 0.1) is 17.5 Å². The summed E-state index contributed by atoms with van der Waals surface area (Å²) in [4.78, 5) is 26.1. The normalized spacial score (nSPS) is 22.9. The van der Waals surface area contributed by atoms with Crippen LogP contribution in [0.2, 0.25) is 5.02 Å². The molecule has 170 valence electrons. The fourth-order valence-corrected chi connectivity index (χ4v) is 4.77. The van der Waals surface area contributed by atoms with Crippen LogP contribution in [-0.2, 0) is 16.8 Å². The Morgan fingerprint density at radius 2 is 1.94 bits per heavy atom. The standard InChI is InChI=1S/C25H35ClN2O3/c1-16(2)19-15-28(25(11-12-25)14-21(29)30)22(31)27-24(19,6)18-8-7-17(20(26)13-18)9-10-23(3,4)5/h7-8,13,15-16H,9-12,14H2,1-6H3,(H,27,31)(H,29,30)/t24-/m0/s1. The Balaban J connectivity index is 1.95. The van der Waals surface area contributed by atoms with Crippen molar-refractivity contribution in [2.75, 3.05) is 0 Å². The molecule has 0 spiro atoms. The molecular formula is C25H35ClN2O3. The van der Waals surface area contributed by atoms with E-state index in [1.165, 1.54) is 0 Å². The van der Waals surface area contributed by atoms with Gasteiger partial charge in [-0.05, 0) is 66.7 Å². The molecule has 1 aromatic rings. The van der Waals surface area contributed by atoms with Crippen LogP contribution < -0.4 is 5.32 Å². The maximum Gasteiger partial charge on any atom is 0.322 e. The first-order valence-corrected chi connectivity index (χ1v) is 11.5. The van der Waals surface area contributed by atoms with Gasteiger partial charge in [0, 0.05) is 11.2 Å². The Labute approximate surface area is 190 Å². The first-order valence-electron chi connectivity index (χ1n) is 11.1. The Morgan fingerprint density at radius 1 is 1.29 bits per heavy atom. The predicted octanol–water partition coefficient (Wildman–Crippen LogP) is 6.11. The van der Waals surface area contributed by atoms with Crippen molar-refractivity contribution in [2.24, 2.45) is 11.3 Å². The average molecular weight is 447 g/mol. The van der Waals surface area contributed by atoms with E-state index in [1.54, 1.807) is 4.90 Å². The molecular weight excluding hydrogens is 412 g/mol. The minimum Gasteiger partial charge on any atom is -0.481 e. The van der Waals surface area contributed by atoms with Crippen LogP contribution in [0, 0.1) is 11.3 Å². The quantitative estimate of drug-likeness (QED) is 0.531.